The number of hydrogen-bond donors (Lipinski definition) is 1. The Morgan fingerprint density at radius 3 is 2.74 bits per heavy atom. The molecule has 102 valence electrons. The van der Waals surface area contributed by atoms with Gasteiger partial charge in [0.15, 0.2) is 10.4 Å². The molecule has 3 nitrogen and oxygen atoms in total. The second kappa shape index (κ2) is 5.29. The van der Waals surface area contributed by atoms with Gasteiger partial charge in [-0.15, -0.1) is 0 Å². The van der Waals surface area contributed by atoms with Gasteiger partial charge in [-0.05, 0) is 63.2 Å². The van der Waals surface area contributed by atoms with Crippen LogP contribution < -0.4 is 0 Å². The molecule has 0 aromatic carbocycles. The number of aromatic amines is 1. The van der Waals surface area contributed by atoms with E-state index < -0.39 is 0 Å². The minimum Gasteiger partial charge on any atom is -0.329 e. The van der Waals surface area contributed by atoms with Crippen LogP contribution in [-0.4, -0.2) is 26.0 Å². The van der Waals surface area contributed by atoms with Crippen molar-refractivity contribution in [1.29, 1.82) is 0 Å². The number of nitrogens with zero attached hydrogens (tertiary/aromatic N) is 2. The van der Waals surface area contributed by atoms with Gasteiger partial charge in [-0.2, -0.15) is 11.8 Å². The summed E-state index contributed by atoms with van der Waals surface area (Å²) in [5, 5.41) is 0.824. The molecule has 1 fully saturated rings. The maximum absolute atomic E-state index is 5.50. The summed E-state index contributed by atoms with van der Waals surface area (Å²) >= 11 is 7.49. The van der Waals surface area contributed by atoms with Gasteiger partial charge >= 0.3 is 0 Å². The zero-order valence-corrected chi connectivity index (χ0v) is 13.0. The fourth-order valence-electron chi connectivity index (χ4n) is 2.97. The highest BCUT2D eigenvalue weighted by atomic mass is 32.2. The van der Waals surface area contributed by atoms with Gasteiger partial charge in [0.05, 0.1) is 5.52 Å². The molecule has 1 saturated carbocycles. The normalized spacial score (nSPS) is 23.9. The molecule has 0 bridgehead atoms. The molecule has 1 N–H and O–H groups in total. The van der Waals surface area contributed by atoms with Crippen molar-refractivity contribution in [2.75, 3.05) is 6.26 Å². The van der Waals surface area contributed by atoms with Crippen LogP contribution in [0.4, 0.5) is 0 Å². The van der Waals surface area contributed by atoms with Crippen LogP contribution in [0.1, 0.15) is 37.4 Å². The summed E-state index contributed by atoms with van der Waals surface area (Å²) in [6, 6.07) is 4.62. The Morgan fingerprint density at radius 1 is 1.32 bits per heavy atom. The smallest absolute Gasteiger partial charge is 0.179 e. The van der Waals surface area contributed by atoms with Crippen LogP contribution in [0.15, 0.2) is 12.1 Å². The first-order valence-corrected chi connectivity index (χ1v) is 8.49. The largest absolute Gasteiger partial charge is 0.329 e. The Bertz CT molecular complexity index is 636. The SMILES string of the molecule is CSC1CCC(n2c(=S)[nH]c3ccc(C)nc32)CC1. The Labute approximate surface area is 122 Å². The van der Waals surface area contributed by atoms with Crippen LogP contribution in [0.2, 0.25) is 0 Å². The van der Waals surface area contributed by atoms with Crippen LogP contribution >= 0.6 is 24.0 Å². The van der Waals surface area contributed by atoms with Gasteiger partial charge in [-0.1, -0.05) is 0 Å². The van der Waals surface area contributed by atoms with Crippen molar-refractivity contribution in [3.05, 3.63) is 22.6 Å². The molecule has 2 heterocycles. The Morgan fingerprint density at radius 2 is 2.05 bits per heavy atom. The maximum Gasteiger partial charge on any atom is 0.179 e. The fourth-order valence-corrected chi connectivity index (χ4v) is 4.06. The predicted molar refractivity (Wildman–Crippen MR) is 84.5 cm³/mol. The standard InChI is InChI=1S/C14H19N3S2/c1-9-3-8-12-13(15-9)17(14(18)16-12)10-4-6-11(19-2)7-5-10/h3,8,10-11H,4-7H2,1-2H3,(H,16,18). The van der Waals surface area contributed by atoms with Crippen molar-refractivity contribution in [1.82, 2.24) is 14.5 Å². The van der Waals surface area contributed by atoms with Crippen molar-refractivity contribution in [2.24, 2.45) is 0 Å². The van der Waals surface area contributed by atoms with E-state index in [0.717, 1.165) is 26.9 Å². The molecule has 1 aliphatic carbocycles. The van der Waals surface area contributed by atoms with E-state index in [2.05, 4.69) is 26.9 Å². The Hall–Kier alpha value is -0.810. The number of nitrogens with one attached hydrogen (secondary N) is 1. The molecule has 19 heavy (non-hydrogen) atoms. The minimum absolute atomic E-state index is 0.513. The molecule has 0 unspecified atom stereocenters. The summed E-state index contributed by atoms with van der Waals surface area (Å²) in [7, 11) is 0. The van der Waals surface area contributed by atoms with Crippen LogP contribution in [-0.2, 0) is 0 Å². The van der Waals surface area contributed by atoms with Gasteiger partial charge in [-0.3, -0.25) is 4.57 Å². The first-order valence-electron chi connectivity index (χ1n) is 6.79. The lowest BCUT2D eigenvalue weighted by Gasteiger charge is -2.28. The van der Waals surface area contributed by atoms with Gasteiger partial charge in [0.2, 0.25) is 0 Å². The van der Waals surface area contributed by atoms with E-state index in [1.807, 2.05) is 24.8 Å². The molecule has 5 heteroatoms. The van der Waals surface area contributed by atoms with Crippen molar-refractivity contribution < 1.29 is 0 Å². The summed E-state index contributed by atoms with van der Waals surface area (Å²) in [5.41, 5.74) is 3.13. The lowest BCUT2D eigenvalue weighted by atomic mass is 9.95. The topological polar surface area (TPSA) is 33.6 Å². The Balaban J connectivity index is 1.98. The third-order valence-corrected chi connectivity index (χ3v) is 5.48. The molecule has 0 radical (unpaired) electrons. The number of rotatable bonds is 2. The second-order valence-electron chi connectivity index (χ2n) is 5.29. The van der Waals surface area contributed by atoms with Crippen LogP contribution in [0.3, 0.4) is 0 Å². The zero-order valence-electron chi connectivity index (χ0n) is 11.3. The van der Waals surface area contributed by atoms with E-state index in [1.54, 1.807) is 0 Å². The van der Waals surface area contributed by atoms with Crippen molar-refractivity contribution in [3.63, 3.8) is 0 Å². The number of imidazole rings is 1. The second-order valence-corrected chi connectivity index (χ2v) is 6.81. The molecule has 0 atom stereocenters. The van der Waals surface area contributed by atoms with Crippen LogP contribution in [0.5, 0.6) is 0 Å². The highest BCUT2D eigenvalue weighted by molar-refractivity contribution is 7.99. The number of thioether (sulfide) groups is 1. The van der Waals surface area contributed by atoms with E-state index in [1.165, 1.54) is 25.7 Å². The number of hydrogen-bond acceptors (Lipinski definition) is 3. The monoisotopic (exact) mass is 293 g/mol. The first kappa shape index (κ1) is 13.2. The predicted octanol–water partition coefficient (Wildman–Crippen LogP) is 4.25. The van der Waals surface area contributed by atoms with Crippen LogP contribution in [0, 0.1) is 11.7 Å². The van der Waals surface area contributed by atoms with Gasteiger partial charge in [0.1, 0.15) is 0 Å². The average Bonchev–Trinajstić information content (AvgIpc) is 2.74. The molecule has 3 rings (SSSR count). The lowest BCUT2D eigenvalue weighted by Crippen LogP contribution is -2.19. The third kappa shape index (κ3) is 2.46. The number of fused-ring (bicyclic) bond motifs is 1. The molecule has 0 saturated heterocycles. The molecular weight excluding hydrogens is 274 g/mol. The molecule has 0 amide bonds. The third-order valence-electron chi connectivity index (χ3n) is 4.05. The Kier molecular flexibility index (Phi) is 3.67. The number of H-pyrrole nitrogens is 1. The average molecular weight is 293 g/mol. The number of aryl methyl sites for hydroxylation is 1. The summed E-state index contributed by atoms with van der Waals surface area (Å²) < 4.78 is 3.06. The molecule has 1 aliphatic rings. The summed E-state index contributed by atoms with van der Waals surface area (Å²) in [4.78, 5) is 7.96. The highest BCUT2D eigenvalue weighted by Crippen LogP contribution is 2.35. The lowest BCUT2D eigenvalue weighted by molar-refractivity contribution is 0.362. The fraction of sp³-hybridized carbons (Fsp3) is 0.571. The summed E-state index contributed by atoms with van der Waals surface area (Å²) in [6.45, 7) is 2.03. The molecule has 0 spiro atoms. The van der Waals surface area contributed by atoms with Gasteiger partial charge in [0, 0.05) is 17.0 Å². The number of pyridine rings is 1. The molecule has 2 aromatic rings. The zero-order chi connectivity index (χ0) is 13.4. The van der Waals surface area contributed by atoms with Gasteiger partial charge in [0.25, 0.3) is 0 Å². The molecule has 0 aliphatic heterocycles. The van der Waals surface area contributed by atoms with Crippen molar-refractivity contribution in [2.45, 2.75) is 43.9 Å². The molecular formula is C14H19N3S2. The van der Waals surface area contributed by atoms with Gasteiger partial charge < -0.3 is 4.98 Å². The van der Waals surface area contributed by atoms with E-state index in [-0.39, 0.29) is 0 Å². The number of aromatic nitrogens is 3. The molecule has 2 aromatic heterocycles. The summed E-state index contributed by atoms with van der Waals surface area (Å²) in [5.74, 6) is 0. The quantitative estimate of drug-likeness (QED) is 0.840. The first-order chi connectivity index (χ1) is 9.19. The highest BCUT2D eigenvalue weighted by Gasteiger charge is 2.23. The maximum atomic E-state index is 5.50. The van der Waals surface area contributed by atoms with Crippen molar-refractivity contribution >= 4 is 35.1 Å². The van der Waals surface area contributed by atoms with E-state index >= 15 is 0 Å². The summed E-state index contributed by atoms with van der Waals surface area (Å²) in [6.07, 6.45) is 7.20. The van der Waals surface area contributed by atoms with E-state index in [0.29, 0.717) is 6.04 Å². The van der Waals surface area contributed by atoms with Crippen LogP contribution in [0.25, 0.3) is 11.2 Å². The van der Waals surface area contributed by atoms with Crippen molar-refractivity contribution in [3.8, 4) is 0 Å². The minimum atomic E-state index is 0.513. The van der Waals surface area contributed by atoms with E-state index in [4.69, 9.17) is 12.2 Å². The van der Waals surface area contributed by atoms with E-state index in [9.17, 15) is 0 Å². The van der Waals surface area contributed by atoms with Gasteiger partial charge in [-0.25, -0.2) is 4.98 Å².